The maximum Gasteiger partial charge on any atom is 0.000251 e. The fourth-order valence-corrected chi connectivity index (χ4v) is 2.62. The van der Waals surface area contributed by atoms with Crippen LogP contribution in [-0.4, -0.2) is 13.1 Å². The van der Waals surface area contributed by atoms with Crippen LogP contribution in [0.1, 0.15) is 49.4 Å². The topological polar surface area (TPSA) is 12.0 Å². The molecule has 0 aromatic heterocycles. The lowest BCUT2D eigenvalue weighted by Crippen LogP contribution is -2.29. The van der Waals surface area contributed by atoms with Crippen molar-refractivity contribution in [3.05, 3.63) is 34.4 Å². The number of benzene rings is 1. The van der Waals surface area contributed by atoms with Crippen LogP contribution in [0.5, 0.6) is 0 Å². The zero-order valence-electron chi connectivity index (χ0n) is 13.0. The second-order valence-corrected chi connectivity index (χ2v) is 6.32. The van der Waals surface area contributed by atoms with Gasteiger partial charge >= 0.3 is 0 Å². The summed E-state index contributed by atoms with van der Waals surface area (Å²) in [6.45, 7) is 15.7. The Hall–Kier alpha value is -0.820. The minimum absolute atomic E-state index is 0.375. The van der Waals surface area contributed by atoms with Crippen LogP contribution in [0, 0.1) is 26.2 Å². The molecule has 0 spiro atoms. The highest BCUT2D eigenvalue weighted by Crippen LogP contribution is 2.25. The molecule has 0 atom stereocenters. The molecule has 1 heteroatoms. The summed E-state index contributed by atoms with van der Waals surface area (Å²) in [4.78, 5) is 0. The van der Waals surface area contributed by atoms with Crippen LogP contribution >= 0.6 is 0 Å². The van der Waals surface area contributed by atoms with Gasteiger partial charge in [-0.05, 0) is 62.3 Å². The van der Waals surface area contributed by atoms with E-state index in [4.69, 9.17) is 0 Å². The number of nitrogens with one attached hydrogen (secondary N) is 1. The molecule has 1 rings (SSSR count). The third kappa shape index (κ3) is 4.45. The molecule has 0 aliphatic carbocycles. The molecule has 0 amide bonds. The van der Waals surface area contributed by atoms with Gasteiger partial charge in [0.2, 0.25) is 0 Å². The Balaban J connectivity index is 2.69. The standard InChI is InChI=1S/C17H29N/c1-7-18-12-17(5,6)9-8-16-14(3)10-13(2)11-15(16)4/h10-11,18H,7-9,12H2,1-6H3. The van der Waals surface area contributed by atoms with Crippen molar-refractivity contribution in [2.45, 2.75) is 54.4 Å². The van der Waals surface area contributed by atoms with E-state index in [1.807, 2.05) is 0 Å². The quantitative estimate of drug-likeness (QED) is 0.795. The molecular formula is C17H29N. The largest absolute Gasteiger partial charge is 0.316 e. The lowest BCUT2D eigenvalue weighted by atomic mass is 9.84. The van der Waals surface area contributed by atoms with E-state index >= 15 is 0 Å². The zero-order valence-corrected chi connectivity index (χ0v) is 13.0. The third-order valence-corrected chi connectivity index (χ3v) is 3.75. The molecule has 0 bridgehead atoms. The highest BCUT2D eigenvalue weighted by molar-refractivity contribution is 5.37. The molecule has 0 fully saturated rings. The van der Waals surface area contributed by atoms with Crippen LogP contribution < -0.4 is 5.32 Å². The van der Waals surface area contributed by atoms with Crippen molar-refractivity contribution in [3.63, 3.8) is 0 Å². The van der Waals surface area contributed by atoms with Crippen molar-refractivity contribution < 1.29 is 0 Å². The fourth-order valence-electron chi connectivity index (χ4n) is 2.62. The molecule has 1 N–H and O–H groups in total. The maximum absolute atomic E-state index is 3.46. The summed E-state index contributed by atoms with van der Waals surface area (Å²) in [6.07, 6.45) is 2.43. The number of hydrogen-bond acceptors (Lipinski definition) is 1. The molecule has 0 radical (unpaired) electrons. The predicted octanol–water partition coefficient (Wildman–Crippen LogP) is 4.18. The van der Waals surface area contributed by atoms with E-state index in [-0.39, 0.29) is 0 Å². The lowest BCUT2D eigenvalue weighted by Gasteiger charge is -2.25. The first-order valence-corrected chi connectivity index (χ1v) is 7.13. The summed E-state index contributed by atoms with van der Waals surface area (Å²) in [5.41, 5.74) is 6.20. The van der Waals surface area contributed by atoms with Gasteiger partial charge in [-0.3, -0.25) is 0 Å². The van der Waals surface area contributed by atoms with Gasteiger partial charge in [0.25, 0.3) is 0 Å². The first kappa shape index (κ1) is 15.2. The van der Waals surface area contributed by atoms with E-state index in [2.05, 4.69) is 59.0 Å². The van der Waals surface area contributed by atoms with Gasteiger partial charge in [-0.2, -0.15) is 0 Å². The molecule has 1 nitrogen and oxygen atoms in total. The normalized spacial score (nSPS) is 11.9. The van der Waals surface area contributed by atoms with E-state index in [9.17, 15) is 0 Å². The van der Waals surface area contributed by atoms with Crippen molar-refractivity contribution in [1.29, 1.82) is 0 Å². The first-order chi connectivity index (χ1) is 8.35. The smallest absolute Gasteiger partial charge is 0.000251 e. The Morgan fingerprint density at radius 3 is 2.11 bits per heavy atom. The second kappa shape index (κ2) is 6.38. The molecule has 102 valence electrons. The second-order valence-electron chi connectivity index (χ2n) is 6.32. The van der Waals surface area contributed by atoms with Gasteiger partial charge < -0.3 is 5.32 Å². The van der Waals surface area contributed by atoms with Gasteiger partial charge in [-0.25, -0.2) is 0 Å². The van der Waals surface area contributed by atoms with E-state index < -0.39 is 0 Å². The van der Waals surface area contributed by atoms with E-state index in [1.165, 1.54) is 29.5 Å². The highest BCUT2D eigenvalue weighted by atomic mass is 14.9. The summed E-state index contributed by atoms with van der Waals surface area (Å²) in [6, 6.07) is 4.61. The SMILES string of the molecule is CCNCC(C)(C)CCc1c(C)cc(C)cc1C. The van der Waals surface area contributed by atoms with Crippen LogP contribution in [0.15, 0.2) is 12.1 Å². The number of aryl methyl sites for hydroxylation is 3. The summed E-state index contributed by atoms with van der Waals surface area (Å²) in [7, 11) is 0. The molecule has 0 aliphatic heterocycles. The summed E-state index contributed by atoms with van der Waals surface area (Å²) >= 11 is 0. The predicted molar refractivity (Wildman–Crippen MR) is 81.3 cm³/mol. The number of rotatable bonds is 6. The molecule has 0 heterocycles. The van der Waals surface area contributed by atoms with Gasteiger partial charge in [-0.15, -0.1) is 0 Å². The summed E-state index contributed by atoms with van der Waals surface area (Å²) in [5.74, 6) is 0. The summed E-state index contributed by atoms with van der Waals surface area (Å²) < 4.78 is 0. The minimum atomic E-state index is 0.375. The lowest BCUT2D eigenvalue weighted by molar-refractivity contribution is 0.317. The molecule has 18 heavy (non-hydrogen) atoms. The first-order valence-electron chi connectivity index (χ1n) is 7.13. The Morgan fingerprint density at radius 1 is 1.06 bits per heavy atom. The zero-order chi connectivity index (χ0) is 13.8. The Labute approximate surface area is 113 Å². The monoisotopic (exact) mass is 247 g/mol. The molecular weight excluding hydrogens is 218 g/mol. The Kier molecular flexibility index (Phi) is 5.40. The molecule has 1 aromatic carbocycles. The Bertz CT molecular complexity index is 368. The van der Waals surface area contributed by atoms with Gasteiger partial charge in [0, 0.05) is 6.54 Å². The van der Waals surface area contributed by atoms with Crippen LogP contribution in [0.25, 0.3) is 0 Å². The third-order valence-electron chi connectivity index (χ3n) is 3.75. The van der Waals surface area contributed by atoms with Gasteiger partial charge in [0.05, 0.1) is 0 Å². The van der Waals surface area contributed by atoms with Crippen LogP contribution in [0.3, 0.4) is 0 Å². The average Bonchev–Trinajstić information content (AvgIpc) is 2.24. The van der Waals surface area contributed by atoms with Crippen LogP contribution in [0.4, 0.5) is 0 Å². The van der Waals surface area contributed by atoms with E-state index in [0.29, 0.717) is 5.41 Å². The average molecular weight is 247 g/mol. The minimum Gasteiger partial charge on any atom is -0.316 e. The van der Waals surface area contributed by atoms with Gasteiger partial charge in [0.1, 0.15) is 0 Å². The fraction of sp³-hybridized carbons (Fsp3) is 0.647. The van der Waals surface area contributed by atoms with Crippen LogP contribution in [-0.2, 0) is 6.42 Å². The highest BCUT2D eigenvalue weighted by Gasteiger charge is 2.18. The summed E-state index contributed by atoms with van der Waals surface area (Å²) in [5, 5.41) is 3.46. The Morgan fingerprint density at radius 2 is 1.61 bits per heavy atom. The van der Waals surface area contributed by atoms with Crippen molar-refractivity contribution in [2.75, 3.05) is 13.1 Å². The van der Waals surface area contributed by atoms with Gasteiger partial charge in [0.15, 0.2) is 0 Å². The molecule has 0 aliphatic rings. The van der Waals surface area contributed by atoms with Crippen molar-refractivity contribution in [1.82, 2.24) is 5.32 Å². The van der Waals surface area contributed by atoms with Crippen molar-refractivity contribution in [2.24, 2.45) is 5.41 Å². The molecule has 1 aromatic rings. The van der Waals surface area contributed by atoms with Gasteiger partial charge in [-0.1, -0.05) is 38.5 Å². The van der Waals surface area contributed by atoms with Crippen molar-refractivity contribution in [3.8, 4) is 0 Å². The molecule has 0 unspecified atom stereocenters. The molecule has 0 saturated heterocycles. The van der Waals surface area contributed by atoms with E-state index in [1.54, 1.807) is 5.56 Å². The van der Waals surface area contributed by atoms with E-state index in [0.717, 1.165) is 13.1 Å². The van der Waals surface area contributed by atoms with Crippen molar-refractivity contribution >= 4 is 0 Å². The van der Waals surface area contributed by atoms with Crippen LogP contribution in [0.2, 0.25) is 0 Å². The number of hydrogen-bond donors (Lipinski definition) is 1. The molecule has 0 saturated carbocycles. The maximum atomic E-state index is 3.46.